The summed E-state index contributed by atoms with van der Waals surface area (Å²) in [5.74, 6) is -0.804. The Labute approximate surface area is 120 Å². The van der Waals surface area contributed by atoms with E-state index in [-0.39, 0.29) is 5.91 Å². The van der Waals surface area contributed by atoms with Crippen LogP contribution in [0, 0.1) is 0 Å². The molecule has 0 radical (unpaired) electrons. The maximum atomic E-state index is 12.0. The van der Waals surface area contributed by atoms with Gasteiger partial charge < -0.3 is 14.8 Å². The largest absolute Gasteiger partial charge is 0.467 e. The van der Waals surface area contributed by atoms with Crippen LogP contribution in [-0.2, 0) is 14.3 Å². The molecule has 0 bridgehead atoms. The summed E-state index contributed by atoms with van der Waals surface area (Å²) in [6.45, 7) is 0.361. The smallest absolute Gasteiger partial charge is 0.328 e. The number of methoxy groups -OCH3 is 2. The van der Waals surface area contributed by atoms with Crippen LogP contribution in [-0.4, -0.2) is 38.7 Å². The number of nitrogens with one attached hydrogen (secondary N) is 1. The first-order chi connectivity index (χ1) is 9.08. The van der Waals surface area contributed by atoms with Gasteiger partial charge in [0, 0.05) is 30.2 Å². The molecule has 0 saturated carbocycles. The highest BCUT2D eigenvalue weighted by Gasteiger charge is 2.21. The van der Waals surface area contributed by atoms with Crippen LogP contribution in [0.15, 0.2) is 28.7 Å². The normalized spacial score (nSPS) is 11.7. The Kier molecular flexibility index (Phi) is 6.52. The molecule has 0 spiro atoms. The van der Waals surface area contributed by atoms with Crippen LogP contribution in [0.5, 0.6) is 0 Å². The molecule has 1 amide bonds. The highest BCUT2D eigenvalue weighted by Crippen LogP contribution is 2.10. The first kappa shape index (κ1) is 15.7. The van der Waals surface area contributed by atoms with E-state index >= 15 is 0 Å². The number of carbonyl (C=O) groups is 2. The number of halogens is 1. The summed E-state index contributed by atoms with van der Waals surface area (Å²) in [5, 5.41) is 2.63. The molecule has 0 aliphatic heterocycles. The van der Waals surface area contributed by atoms with Gasteiger partial charge in [0.05, 0.1) is 7.11 Å². The van der Waals surface area contributed by atoms with E-state index in [0.29, 0.717) is 18.6 Å². The molecule has 104 valence electrons. The molecule has 0 aliphatic rings. The average Bonchev–Trinajstić information content (AvgIpc) is 2.43. The van der Waals surface area contributed by atoms with E-state index in [2.05, 4.69) is 26.0 Å². The van der Waals surface area contributed by atoms with Gasteiger partial charge in [-0.3, -0.25) is 4.79 Å². The zero-order valence-corrected chi connectivity index (χ0v) is 12.4. The van der Waals surface area contributed by atoms with Gasteiger partial charge in [-0.05, 0) is 24.3 Å². The number of rotatable bonds is 6. The van der Waals surface area contributed by atoms with Crippen molar-refractivity contribution in [3.05, 3.63) is 34.3 Å². The summed E-state index contributed by atoms with van der Waals surface area (Å²) in [5.41, 5.74) is 0.481. The van der Waals surface area contributed by atoms with Crippen molar-refractivity contribution in [2.45, 2.75) is 12.5 Å². The molecule has 1 aromatic rings. The first-order valence-corrected chi connectivity index (χ1v) is 6.51. The number of carbonyl (C=O) groups excluding carboxylic acids is 2. The molecule has 1 rings (SSSR count). The summed E-state index contributed by atoms with van der Waals surface area (Å²) >= 11 is 3.29. The molecule has 0 aromatic heterocycles. The predicted molar refractivity (Wildman–Crippen MR) is 73.9 cm³/mol. The fourth-order valence-corrected chi connectivity index (χ4v) is 1.73. The van der Waals surface area contributed by atoms with Crippen LogP contribution in [0.2, 0.25) is 0 Å². The van der Waals surface area contributed by atoms with E-state index in [0.717, 1.165) is 4.47 Å². The van der Waals surface area contributed by atoms with E-state index in [1.165, 1.54) is 14.2 Å². The Morgan fingerprint density at radius 1 is 1.26 bits per heavy atom. The average molecular weight is 330 g/mol. The van der Waals surface area contributed by atoms with Crippen LogP contribution in [0.25, 0.3) is 0 Å². The predicted octanol–water partition coefficient (Wildman–Crippen LogP) is 1.76. The molecular weight excluding hydrogens is 314 g/mol. The summed E-state index contributed by atoms with van der Waals surface area (Å²) in [6.07, 6.45) is 0.367. The van der Waals surface area contributed by atoms with E-state index in [1.807, 2.05) is 0 Å². The lowest BCUT2D eigenvalue weighted by atomic mass is 10.1. The van der Waals surface area contributed by atoms with Crippen molar-refractivity contribution in [3.63, 3.8) is 0 Å². The minimum absolute atomic E-state index is 0.320. The lowest BCUT2D eigenvalue weighted by Crippen LogP contribution is -2.42. The van der Waals surface area contributed by atoms with Gasteiger partial charge in [0.2, 0.25) is 0 Å². The molecule has 0 aliphatic carbocycles. The standard InChI is InChI=1S/C13H16BrNO4/c1-18-8-7-11(13(17)19-2)15-12(16)9-3-5-10(14)6-4-9/h3-6,11H,7-8H2,1-2H3,(H,15,16). The Balaban J connectivity index is 2.69. The zero-order chi connectivity index (χ0) is 14.3. The lowest BCUT2D eigenvalue weighted by Gasteiger charge is -2.16. The van der Waals surface area contributed by atoms with Crippen LogP contribution in [0.4, 0.5) is 0 Å². The van der Waals surface area contributed by atoms with E-state index in [4.69, 9.17) is 4.74 Å². The van der Waals surface area contributed by atoms with Crippen molar-refractivity contribution in [2.24, 2.45) is 0 Å². The topological polar surface area (TPSA) is 64.6 Å². The summed E-state index contributed by atoms with van der Waals surface area (Å²) in [7, 11) is 2.82. The van der Waals surface area contributed by atoms with E-state index in [1.54, 1.807) is 24.3 Å². The third-order valence-corrected chi connectivity index (χ3v) is 3.04. The highest BCUT2D eigenvalue weighted by atomic mass is 79.9. The minimum atomic E-state index is -0.707. The minimum Gasteiger partial charge on any atom is -0.467 e. The Bertz CT molecular complexity index is 433. The zero-order valence-electron chi connectivity index (χ0n) is 10.8. The molecule has 0 fully saturated rings. The van der Waals surface area contributed by atoms with Gasteiger partial charge >= 0.3 is 5.97 Å². The quantitative estimate of drug-likeness (QED) is 0.807. The fourth-order valence-electron chi connectivity index (χ4n) is 1.47. The summed E-state index contributed by atoms with van der Waals surface area (Å²) < 4.78 is 10.4. The number of benzene rings is 1. The number of esters is 1. The van der Waals surface area contributed by atoms with Crippen molar-refractivity contribution < 1.29 is 19.1 Å². The Morgan fingerprint density at radius 3 is 2.42 bits per heavy atom. The van der Waals surface area contributed by atoms with Gasteiger partial charge in [-0.15, -0.1) is 0 Å². The second-order valence-electron chi connectivity index (χ2n) is 3.84. The number of hydrogen-bond donors (Lipinski definition) is 1. The Morgan fingerprint density at radius 2 is 1.89 bits per heavy atom. The second kappa shape index (κ2) is 7.91. The maximum Gasteiger partial charge on any atom is 0.328 e. The number of amides is 1. The molecule has 1 N–H and O–H groups in total. The molecule has 1 aromatic carbocycles. The van der Waals surface area contributed by atoms with Crippen molar-refractivity contribution in [2.75, 3.05) is 20.8 Å². The van der Waals surface area contributed by atoms with Crippen molar-refractivity contribution in [1.82, 2.24) is 5.32 Å². The summed E-state index contributed by atoms with van der Waals surface area (Å²) in [4.78, 5) is 23.5. The second-order valence-corrected chi connectivity index (χ2v) is 4.75. The Hall–Kier alpha value is -1.40. The van der Waals surface area contributed by atoms with Gasteiger partial charge in [-0.25, -0.2) is 4.79 Å². The van der Waals surface area contributed by atoms with E-state index in [9.17, 15) is 9.59 Å². The van der Waals surface area contributed by atoms with Gasteiger partial charge in [-0.2, -0.15) is 0 Å². The SMILES string of the molecule is COCCC(NC(=O)c1ccc(Br)cc1)C(=O)OC. The van der Waals surface area contributed by atoms with Crippen LogP contribution in [0.3, 0.4) is 0 Å². The monoisotopic (exact) mass is 329 g/mol. The van der Waals surface area contributed by atoms with Gasteiger partial charge in [0.15, 0.2) is 0 Å². The van der Waals surface area contributed by atoms with Crippen molar-refractivity contribution in [1.29, 1.82) is 0 Å². The molecule has 1 atom stereocenters. The molecule has 19 heavy (non-hydrogen) atoms. The first-order valence-electron chi connectivity index (χ1n) is 5.71. The lowest BCUT2D eigenvalue weighted by molar-refractivity contribution is -0.143. The fraction of sp³-hybridized carbons (Fsp3) is 0.385. The van der Waals surface area contributed by atoms with Gasteiger partial charge in [0.1, 0.15) is 6.04 Å². The van der Waals surface area contributed by atoms with Crippen LogP contribution in [0.1, 0.15) is 16.8 Å². The van der Waals surface area contributed by atoms with Gasteiger partial charge in [-0.1, -0.05) is 15.9 Å². The molecular formula is C13H16BrNO4. The number of hydrogen-bond acceptors (Lipinski definition) is 4. The molecule has 0 saturated heterocycles. The third kappa shape index (κ3) is 5.00. The molecule has 0 heterocycles. The molecule has 5 nitrogen and oxygen atoms in total. The molecule has 1 unspecified atom stereocenters. The maximum absolute atomic E-state index is 12.0. The number of ether oxygens (including phenoxy) is 2. The molecule has 6 heteroatoms. The van der Waals surface area contributed by atoms with Gasteiger partial charge in [0.25, 0.3) is 5.91 Å². The highest BCUT2D eigenvalue weighted by molar-refractivity contribution is 9.10. The third-order valence-electron chi connectivity index (χ3n) is 2.51. The van der Waals surface area contributed by atoms with Crippen molar-refractivity contribution in [3.8, 4) is 0 Å². The van der Waals surface area contributed by atoms with Crippen LogP contribution >= 0.6 is 15.9 Å². The summed E-state index contributed by atoms with van der Waals surface area (Å²) in [6, 6.07) is 6.16. The van der Waals surface area contributed by atoms with Crippen molar-refractivity contribution >= 4 is 27.8 Å². The van der Waals surface area contributed by atoms with Crippen LogP contribution < -0.4 is 5.32 Å². The van der Waals surface area contributed by atoms with E-state index < -0.39 is 12.0 Å².